The van der Waals surface area contributed by atoms with Crippen molar-refractivity contribution < 1.29 is 14.0 Å². The van der Waals surface area contributed by atoms with Crippen molar-refractivity contribution in [3.63, 3.8) is 0 Å². The van der Waals surface area contributed by atoms with Crippen LogP contribution in [0, 0.1) is 5.82 Å². The molecule has 0 spiro atoms. The number of halogens is 1. The van der Waals surface area contributed by atoms with Crippen molar-refractivity contribution in [1.82, 2.24) is 4.90 Å². The SMILES string of the molecule is CCN(C(=O)CN(C)C(C(N)=O)c1cccc(F)c1)c1cccc2ccccc12. The molecule has 3 aromatic carbocycles. The van der Waals surface area contributed by atoms with Gasteiger partial charge in [-0.2, -0.15) is 0 Å². The lowest BCUT2D eigenvalue weighted by Crippen LogP contribution is -2.43. The second-order valence-corrected chi connectivity index (χ2v) is 6.91. The van der Waals surface area contributed by atoms with Crippen LogP contribution in [0.3, 0.4) is 0 Å². The Labute approximate surface area is 169 Å². The third-order valence-corrected chi connectivity index (χ3v) is 4.93. The second kappa shape index (κ2) is 8.84. The summed E-state index contributed by atoms with van der Waals surface area (Å²) in [6, 6.07) is 18.5. The lowest BCUT2D eigenvalue weighted by Gasteiger charge is -2.29. The molecule has 1 atom stereocenters. The summed E-state index contributed by atoms with van der Waals surface area (Å²) in [6.07, 6.45) is 0. The Morgan fingerprint density at radius 1 is 1.03 bits per heavy atom. The van der Waals surface area contributed by atoms with Crippen LogP contribution >= 0.6 is 0 Å². The molecule has 0 aliphatic carbocycles. The van der Waals surface area contributed by atoms with Gasteiger partial charge < -0.3 is 10.6 Å². The minimum Gasteiger partial charge on any atom is -0.368 e. The fraction of sp³-hybridized carbons (Fsp3) is 0.217. The predicted molar refractivity (Wildman–Crippen MR) is 113 cm³/mol. The van der Waals surface area contributed by atoms with Gasteiger partial charge >= 0.3 is 0 Å². The van der Waals surface area contributed by atoms with Gasteiger partial charge in [0.25, 0.3) is 0 Å². The van der Waals surface area contributed by atoms with E-state index in [1.54, 1.807) is 22.9 Å². The molecule has 150 valence electrons. The minimum atomic E-state index is -0.902. The van der Waals surface area contributed by atoms with Crippen molar-refractivity contribution in [3.05, 3.63) is 78.1 Å². The number of benzene rings is 3. The zero-order valence-electron chi connectivity index (χ0n) is 16.5. The number of likely N-dealkylation sites (N-methyl/N-ethyl adjacent to an activating group) is 2. The Hall–Kier alpha value is -3.25. The molecule has 0 radical (unpaired) electrons. The van der Waals surface area contributed by atoms with Crippen LogP contribution in [0.15, 0.2) is 66.7 Å². The van der Waals surface area contributed by atoms with E-state index in [0.717, 1.165) is 16.5 Å². The first-order chi connectivity index (χ1) is 13.9. The zero-order valence-corrected chi connectivity index (χ0v) is 16.5. The van der Waals surface area contributed by atoms with Crippen LogP contribution in [-0.4, -0.2) is 36.9 Å². The summed E-state index contributed by atoms with van der Waals surface area (Å²) in [6.45, 7) is 2.33. The lowest BCUT2D eigenvalue weighted by atomic mass is 10.0. The second-order valence-electron chi connectivity index (χ2n) is 6.91. The largest absolute Gasteiger partial charge is 0.368 e. The number of hydrogen-bond donors (Lipinski definition) is 1. The molecular weight excluding hydrogens is 369 g/mol. The summed E-state index contributed by atoms with van der Waals surface area (Å²) in [7, 11) is 1.63. The van der Waals surface area contributed by atoms with Gasteiger partial charge in [-0.25, -0.2) is 4.39 Å². The summed E-state index contributed by atoms with van der Waals surface area (Å²) in [5.41, 5.74) is 6.79. The molecule has 1 unspecified atom stereocenters. The van der Waals surface area contributed by atoms with Crippen molar-refractivity contribution in [2.45, 2.75) is 13.0 Å². The number of fused-ring (bicyclic) bond motifs is 1. The molecule has 0 saturated carbocycles. The fourth-order valence-electron chi connectivity index (χ4n) is 3.63. The molecule has 2 N–H and O–H groups in total. The van der Waals surface area contributed by atoms with Gasteiger partial charge in [0.15, 0.2) is 0 Å². The highest BCUT2D eigenvalue weighted by Crippen LogP contribution is 2.27. The number of hydrogen-bond acceptors (Lipinski definition) is 3. The normalized spacial score (nSPS) is 12.1. The summed E-state index contributed by atoms with van der Waals surface area (Å²) in [5.74, 6) is -1.27. The monoisotopic (exact) mass is 393 g/mol. The molecule has 0 aliphatic heterocycles. The van der Waals surface area contributed by atoms with Gasteiger partial charge in [0.05, 0.1) is 12.2 Å². The third-order valence-electron chi connectivity index (χ3n) is 4.93. The molecule has 0 bridgehead atoms. The molecule has 0 fully saturated rings. The molecular formula is C23H24FN3O2. The van der Waals surface area contributed by atoms with Crippen molar-refractivity contribution in [2.24, 2.45) is 5.73 Å². The zero-order chi connectivity index (χ0) is 21.0. The minimum absolute atomic E-state index is 0.0405. The summed E-state index contributed by atoms with van der Waals surface area (Å²) in [5, 5.41) is 2.02. The van der Waals surface area contributed by atoms with E-state index in [4.69, 9.17) is 5.73 Å². The molecule has 3 rings (SSSR count). The van der Waals surface area contributed by atoms with Crippen LogP contribution in [0.2, 0.25) is 0 Å². The van der Waals surface area contributed by atoms with Crippen molar-refractivity contribution in [3.8, 4) is 0 Å². The summed E-state index contributed by atoms with van der Waals surface area (Å²) in [4.78, 5) is 28.4. The van der Waals surface area contributed by atoms with Crippen LogP contribution in [0.25, 0.3) is 10.8 Å². The van der Waals surface area contributed by atoms with E-state index in [0.29, 0.717) is 12.1 Å². The van der Waals surface area contributed by atoms with Crippen molar-refractivity contribution >= 4 is 28.3 Å². The molecule has 29 heavy (non-hydrogen) atoms. The average molecular weight is 393 g/mol. The number of nitrogens with two attached hydrogens (primary N) is 1. The first-order valence-corrected chi connectivity index (χ1v) is 9.45. The van der Waals surface area contributed by atoms with Gasteiger partial charge in [0, 0.05) is 11.9 Å². The van der Waals surface area contributed by atoms with Crippen LogP contribution in [0.5, 0.6) is 0 Å². The van der Waals surface area contributed by atoms with Crippen LogP contribution in [-0.2, 0) is 9.59 Å². The molecule has 2 amide bonds. The van der Waals surface area contributed by atoms with E-state index in [9.17, 15) is 14.0 Å². The summed E-state index contributed by atoms with van der Waals surface area (Å²) >= 11 is 0. The Morgan fingerprint density at radius 2 is 1.72 bits per heavy atom. The highest BCUT2D eigenvalue weighted by atomic mass is 19.1. The predicted octanol–water partition coefficient (Wildman–Crippen LogP) is 3.49. The van der Waals surface area contributed by atoms with Gasteiger partial charge in [-0.15, -0.1) is 0 Å². The Morgan fingerprint density at radius 3 is 2.41 bits per heavy atom. The first-order valence-electron chi connectivity index (χ1n) is 9.45. The van der Waals surface area contributed by atoms with Crippen LogP contribution in [0.1, 0.15) is 18.5 Å². The molecule has 0 aromatic heterocycles. The van der Waals surface area contributed by atoms with E-state index >= 15 is 0 Å². The molecule has 6 heteroatoms. The fourth-order valence-corrected chi connectivity index (χ4v) is 3.63. The number of nitrogens with zero attached hydrogens (tertiary/aromatic N) is 2. The maximum Gasteiger partial charge on any atom is 0.241 e. The molecule has 0 heterocycles. The number of carbonyl (C=O) groups is 2. The smallest absolute Gasteiger partial charge is 0.241 e. The molecule has 5 nitrogen and oxygen atoms in total. The van der Waals surface area contributed by atoms with E-state index < -0.39 is 17.8 Å². The number of anilines is 1. The van der Waals surface area contributed by atoms with E-state index in [2.05, 4.69) is 0 Å². The lowest BCUT2D eigenvalue weighted by molar-refractivity contribution is -0.125. The van der Waals surface area contributed by atoms with Crippen LogP contribution in [0.4, 0.5) is 10.1 Å². The average Bonchev–Trinajstić information content (AvgIpc) is 2.68. The standard InChI is InChI=1S/C23H24FN3O2/c1-3-27(20-13-7-9-16-8-4-5-12-19(16)20)21(28)15-26(2)22(23(25)29)17-10-6-11-18(24)14-17/h4-14,22H,3,15H2,1-2H3,(H2,25,29). The number of amides is 2. The number of rotatable bonds is 7. The van der Waals surface area contributed by atoms with E-state index in [1.165, 1.54) is 18.2 Å². The topological polar surface area (TPSA) is 66.6 Å². The van der Waals surface area contributed by atoms with Crippen molar-refractivity contribution in [1.29, 1.82) is 0 Å². The van der Waals surface area contributed by atoms with Gasteiger partial charge in [-0.3, -0.25) is 14.5 Å². The Kier molecular flexibility index (Phi) is 6.24. The quantitative estimate of drug-likeness (QED) is 0.668. The van der Waals surface area contributed by atoms with Gasteiger partial charge in [0.1, 0.15) is 11.9 Å². The molecule has 3 aromatic rings. The Balaban J connectivity index is 1.87. The number of primary amides is 1. The molecule has 0 aliphatic rings. The molecule has 0 saturated heterocycles. The third kappa shape index (κ3) is 4.43. The highest BCUT2D eigenvalue weighted by Gasteiger charge is 2.27. The van der Waals surface area contributed by atoms with Gasteiger partial charge in [-0.1, -0.05) is 48.5 Å². The van der Waals surface area contributed by atoms with Gasteiger partial charge in [-0.05, 0) is 43.1 Å². The maximum atomic E-state index is 13.6. The van der Waals surface area contributed by atoms with Gasteiger partial charge in [0.2, 0.25) is 11.8 Å². The summed E-state index contributed by atoms with van der Waals surface area (Å²) < 4.78 is 13.6. The first kappa shape index (κ1) is 20.5. The van der Waals surface area contributed by atoms with E-state index in [-0.39, 0.29) is 12.5 Å². The van der Waals surface area contributed by atoms with E-state index in [1.807, 2.05) is 49.4 Å². The Bertz CT molecular complexity index is 1030. The number of carbonyl (C=O) groups excluding carboxylic acids is 2. The highest BCUT2D eigenvalue weighted by molar-refractivity contribution is 6.04. The van der Waals surface area contributed by atoms with Crippen LogP contribution < -0.4 is 10.6 Å². The maximum absolute atomic E-state index is 13.6. The van der Waals surface area contributed by atoms with Crippen molar-refractivity contribution in [2.75, 3.05) is 25.0 Å².